The fourth-order valence-electron chi connectivity index (χ4n) is 2.32. The van der Waals surface area contributed by atoms with Crippen molar-refractivity contribution in [2.24, 2.45) is 10.7 Å². The average Bonchev–Trinajstić information content (AvgIpc) is 2.60. The second-order valence-corrected chi connectivity index (χ2v) is 5.78. The molecule has 0 saturated heterocycles. The molecule has 2 aromatic rings. The fourth-order valence-corrected chi connectivity index (χ4v) is 2.32. The Bertz CT molecular complexity index is 712. The van der Waals surface area contributed by atoms with Crippen LogP contribution in [0.4, 0.5) is 5.69 Å². The topological polar surface area (TPSA) is 68.9 Å². The largest absolute Gasteiger partial charge is 0.497 e. The third kappa shape index (κ3) is 4.65. The maximum atomic E-state index is 6.00. The second kappa shape index (κ2) is 8.24. The third-order valence-electron chi connectivity index (χ3n) is 3.74. The van der Waals surface area contributed by atoms with Gasteiger partial charge in [0.1, 0.15) is 11.5 Å². The van der Waals surface area contributed by atoms with E-state index >= 15 is 0 Å². The third-order valence-corrected chi connectivity index (χ3v) is 3.74. The molecule has 0 aliphatic carbocycles. The van der Waals surface area contributed by atoms with Crippen LogP contribution >= 0.6 is 0 Å². The monoisotopic (exact) mass is 327 g/mol. The zero-order valence-corrected chi connectivity index (χ0v) is 14.7. The number of hydrogen-bond acceptors (Lipinski definition) is 3. The van der Waals surface area contributed by atoms with Crippen molar-refractivity contribution in [3.05, 3.63) is 53.6 Å². The summed E-state index contributed by atoms with van der Waals surface area (Å²) in [5.41, 5.74) is 9.13. The SMILES string of the molecule is COc1ccc(CN=C(N)Nc2cccc(C(C)C)c2)c(OC)c1. The lowest BCUT2D eigenvalue weighted by Crippen LogP contribution is -2.22. The molecule has 5 heteroatoms. The minimum absolute atomic E-state index is 0.369. The molecule has 5 nitrogen and oxygen atoms in total. The van der Waals surface area contributed by atoms with Gasteiger partial charge < -0.3 is 20.5 Å². The normalized spacial score (nSPS) is 11.5. The highest BCUT2D eigenvalue weighted by atomic mass is 16.5. The van der Waals surface area contributed by atoms with E-state index in [-0.39, 0.29) is 0 Å². The van der Waals surface area contributed by atoms with Gasteiger partial charge in [-0.3, -0.25) is 0 Å². The molecule has 0 spiro atoms. The molecule has 0 aromatic heterocycles. The molecule has 0 fully saturated rings. The molecule has 2 rings (SSSR count). The first kappa shape index (κ1) is 17.7. The van der Waals surface area contributed by atoms with Gasteiger partial charge in [0.2, 0.25) is 0 Å². The molecule has 0 unspecified atom stereocenters. The lowest BCUT2D eigenvalue weighted by molar-refractivity contribution is 0.391. The van der Waals surface area contributed by atoms with Crippen LogP contribution in [0, 0.1) is 0 Å². The van der Waals surface area contributed by atoms with E-state index in [2.05, 4.69) is 36.3 Å². The van der Waals surface area contributed by atoms with Gasteiger partial charge >= 0.3 is 0 Å². The fraction of sp³-hybridized carbons (Fsp3) is 0.316. The van der Waals surface area contributed by atoms with Crippen LogP contribution in [0.5, 0.6) is 11.5 Å². The van der Waals surface area contributed by atoms with Crippen molar-refractivity contribution in [3.8, 4) is 11.5 Å². The molecule has 128 valence electrons. The van der Waals surface area contributed by atoms with Gasteiger partial charge in [0.25, 0.3) is 0 Å². The molecule has 24 heavy (non-hydrogen) atoms. The minimum Gasteiger partial charge on any atom is -0.497 e. The Hall–Kier alpha value is -2.69. The van der Waals surface area contributed by atoms with Crippen LogP contribution in [0.2, 0.25) is 0 Å². The summed E-state index contributed by atoms with van der Waals surface area (Å²) in [5.74, 6) is 2.31. The highest BCUT2D eigenvalue weighted by Gasteiger charge is 2.05. The highest BCUT2D eigenvalue weighted by Crippen LogP contribution is 2.25. The number of nitrogens with two attached hydrogens (primary N) is 1. The van der Waals surface area contributed by atoms with E-state index in [0.717, 1.165) is 22.7 Å². The van der Waals surface area contributed by atoms with Crippen molar-refractivity contribution in [2.75, 3.05) is 19.5 Å². The highest BCUT2D eigenvalue weighted by molar-refractivity contribution is 5.92. The van der Waals surface area contributed by atoms with E-state index in [4.69, 9.17) is 15.2 Å². The number of methoxy groups -OCH3 is 2. The van der Waals surface area contributed by atoms with Crippen molar-refractivity contribution in [2.45, 2.75) is 26.3 Å². The summed E-state index contributed by atoms with van der Waals surface area (Å²) in [6.07, 6.45) is 0. The van der Waals surface area contributed by atoms with Gasteiger partial charge in [-0.2, -0.15) is 0 Å². The van der Waals surface area contributed by atoms with Crippen LogP contribution in [-0.4, -0.2) is 20.2 Å². The maximum Gasteiger partial charge on any atom is 0.193 e. The van der Waals surface area contributed by atoms with E-state index in [9.17, 15) is 0 Å². The molecule has 0 saturated carbocycles. The Kier molecular flexibility index (Phi) is 6.07. The summed E-state index contributed by atoms with van der Waals surface area (Å²) >= 11 is 0. The summed E-state index contributed by atoms with van der Waals surface area (Å²) in [4.78, 5) is 4.39. The van der Waals surface area contributed by atoms with Crippen LogP contribution in [0.3, 0.4) is 0 Å². The van der Waals surface area contributed by atoms with Gasteiger partial charge in [0.15, 0.2) is 5.96 Å². The Balaban J connectivity index is 2.08. The Morgan fingerprint density at radius 3 is 2.58 bits per heavy atom. The summed E-state index contributed by atoms with van der Waals surface area (Å²) in [7, 11) is 3.25. The van der Waals surface area contributed by atoms with Crippen LogP contribution in [0.25, 0.3) is 0 Å². The lowest BCUT2D eigenvalue weighted by Gasteiger charge is -2.11. The molecule has 2 aromatic carbocycles. The quantitative estimate of drug-likeness (QED) is 0.626. The van der Waals surface area contributed by atoms with E-state index < -0.39 is 0 Å². The van der Waals surface area contributed by atoms with Crippen molar-refractivity contribution >= 4 is 11.6 Å². The van der Waals surface area contributed by atoms with E-state index in [0.29, 0.717) is 18.4 Å². The van der Waals surface area contributed by atoms with Gasteiger partial charge in [-0.05, 0) is 35.7 Å². The van der Waals surface area contributed by atoms with Crippen molar-refractivity contribution in [1.29, 1.82) is 0 Å². The summed E-state index contributed by atoms with van der Waals surface area (Å²) in [6.45, 7) is 4.74. The van der Waals surface area contributed by atoms with Gasteiger partial charge in [0, 0.05) is 17.3 Å². The number of anilines is 1. The molecule has 0 aliphatic heterocycles. The standard InChI is InChI=1S/C19H25N3O2/c1-13(2)14-6-5-7-16(10-14)22-19(20)21-12-15-8-9-17(23-3)11-18(15)24-4/h5-11,13H,12H2,1-4H3,(H3,20,21,22). The molecule has 0 aliphatic rings. The number of rotatable bonds is 6. The minimum atomic E-state index is 0.369. The van der Waals surface area contributed by atoms with Gasteiger partial charge in [-0.15, -0.1) is 0 Å². The number of aliphatic imine (C=N–C) groups is 1. The van der Waals surface area contributed by atoms with Gasteiger partial charge in [-0.1, -0.05) is 26.0 Å². The first-order valence-corrected chi connectivity index (χ1v) is 7.91. The van der Waals surface area contributed by atoms with Crippen LogP contribution < -0.4 is 20.5 Å². The molecule has 0 heterocycles. The molecule has 0 radical (unpaired) electrons. The number of nitrogens with one attached hydrogen (secondary N) is 1. The number of ether oxygens (including phenoxy) is 2. The Labute approximate surface area is 143 Å². The van der Waals surface area contributed by atoms with Crippen LogP contribution in [-0.2, 0) is 6.54 Å². The zero-order valence-electron chi connectivity index (χ0n) is 14.7. The van der Waals surface area contributed by atoms with Gasteiger partial charge in [0.05, 0.1) is 20.8 Å². The smallest absolute Gasteiger partial charge is 0.193 e. The lowest BCUT2D eigenvalue weighted by atomic mass is 10.0. The Morgan fingerprint density at radius 2 is 1.92 bits per heavy atom. The van der Waals surface area contributed by atoms with Crippen LogP contribution in [0.15, 0.2) is 47.5 Å². The van der Waals surface area contributed by atoms with Crippen molar-refractivity contribution < 1.29 is 9.47 Å². The molecule has 0 amide bonds. The summed E-state index contributed by atoms with van der Waals surface area (Å²) in [6, 6.07) is 13.8. The first-order valence-electron chi connectivity index (χ1n) is 7.91. The second-order valence-electron chi connectivity index (χ2n) is 5.78. The van der Waals surface area contributed by atoms with E-state index in [1.165, 1.54) is 5.56 Å². The Morgan fingerprint density at radius 1 is 1.12 bits per heavy atom. The average molecular weight is 327 g/mol. The summed E-state index contributed by atoms with van der Waals surface area (Å²) in [5, 5.41) is 3.13. The maximum absolute atomic E-state index is 6.00. The molecule has 3 N–H and O–H groups in total. The number of nitrogens with zero attached hydrogens (tertiary/aromatic N) is 1. The van der Waals surface area contributed by atoms with Crippen LogP contribution in [0.1, 0.15) is 30.9 Å². The number of hydrogen-bond donors (Lipinski definition) is 2. The zero-order chi connectivity index (χ0) is 17.5. The first-order chi connectivity index (χ1) is 11.5. The predicted octanol–water partition coefficient (Wildman–Crippen LogP) is 3.75. The molecule has 0 bridgehead atoms. The molecular weight excluding hydrogens is 302 g/mol. The van der Waals surface area contributed by atoms with E-state index in [1.807, 2.05) is 30.3 Å². The van der Waals surface area contributed by atoms with Crippen molar-refractivity contribution in [3.63, 3.8) is 0 Å². The number of guanidine groups is 1. The van der Waals surface area contributed by atoms with Crippen molar-refractivity contribution in [1.82, 2.24) is 0 Å². The summed E-state index contributed by atoms with van der Waals surface area (Å²) < 4.78 is 10.6. The number of benzene rings is 2. The molecule has 0 atom stereocenters. The predicted molar refractivity (Wildman–Crippen MR) is 99.0 cm³/mol. The molecular formula is C19H25N3O2. The van der Waals surface area contributed by atoms with Gasteiger partial charge in [-0.25, -0.2) is 4.99 Å². The van der Waals surface area contributed by atoms with E-state index in [1.54, 1.807) is 14.2 Å².